The van der Waals surface area contributed by atoms with Gasteiger partial charge in [0.15, 0.2) is 0 Å². The van der Waals surface area contributed by atoms with E-state index >= 15 is 0 Å². The third-order valence-electron chi connectivity index (χ3n) is 2.94. The predicted molar refractivity (Wildman–Crippen MR) is 84.7 cm³/mol. The Morgan fingerprint density at radius 2 is 2.09 bits per heavy atom. The highest BCUT2D eigenvalue weighted by atomic mass is 35.5. The maximum Gasteiger partial charge on any atom is 0.436 e. The normalized spacial score (nSPS) is 11.3. The maximum absolute atomic E-state index is 10.9. The molecule has 0 saturated heterocycles. The molecule has 2 aromatic rings. The quantitative estimate of drug-likeness (QED) is 0.818. The fraction of sp³-hybridized carbons (Fsp3) is 0.200. The van der Waals surface area contributed by atoms with Crippen LogP contribution in [0.2, 0.25) is 5.02 Å². The molecule has 0 aliphatic carbocycles. The molecule has 0 aliphatic heterocycles. The standard InChI is InChI=1S/C15H16ClN3O4/c1-11(19(22-2)15(20)21)8-10-23-14-7-9-18(17-14)13-5-3-12(16)4-6-13/h3-9H,10H2,1-2H3,(H,20,21)/b11-8-. The first-order valence-corrected chi connectivity index (χ1v) is 7.07. The molecule has 7 nitrogen and oxygen atoms in total. The van der Waals surface area contributed by atoms with E-state index in [1.807, 2.05) is 12.1 Å². The number of carboxylic acid groups (broad SMARTS) is 1. The number of nitrogens with zero attached hydrogens (tertiary/aromatic N) is 3. The van der Waals surface area contributed by atoms with Crippen molar-refractivity contribution in [1.29, 1.82) is 0 Å². The molecule has 1 N–H and O–H groups in total. The molecule has 0 bridgehead atoms. The number of benzene rings is 1. The summed E-state index contributed by atoms with van der Waals surface area (Å²) in [5.41, 5.74) is 1.25. The number of amides is 1. The van der Waals surface area contributed by atoms with Gasteiger partial charge in [0.2, 0.25) is 5.88 Å². The number of hydrogen-bond donors (Lipinski definition) is 1. The lowest BCUT2D eigenvalue weighted by atomic mass is 10.3. The number of halogens is 1. The van der Waals surface area contributed by atoms with E-state index in [2.05, 4.69) is 5.10 Å². The summed E-state index contributed by atoms with van der Waals surface area (Å²) in [4.78, 5) is 15.6. The maximum atomic E-state index is 10.9. The average Bonchev–Trinajstić information content (AvgIpc) is 2.97. The van der Waals surface area contributed by atoms with Gasteiger partial charge in [-0.15, -0.1) is 5.10 Å². The van der Waals surface area contributed by atoms with Crippen LogP contribution in [0.5, 0.6) is 5.88 Å². The molecule has 1 aromatic heterocycles. The zero-order chi connectivity index (χ0) is 16.8. The Labute approximate surface area is 138 Å². The Morgan fingerprint density at radius 1 is 1.39 bits per heavy atom. The van der Waals surface area contributed by atoms with Crippen LogP contribution in [0.25, 0.3) is 5.69 Å². The first-order chi connectivity index (χ1) is 11.0. The van der Waals surface area contributed by atoms with E-state index in [0.29, 0.717) is 16.6 Å². The van der Waals surface area contributed by atoms with Crippen LogP contribution in [0.1, 0.15) is 6.92 Å². The van der Waals surface area contributed by atoms with Crippen LogP contribution in [0.15, 0.2) is 48.3 Å². The lowest BCUT2D eigenvalue weighted by molar-refractivity contribution is -0.0746. The number of hydroxylamine groups is 2. The fourth-order valence-electron chi connectivity index (χ4n) is 1.83. The van der Waals surface area contributed by atoms with Crippen molar-refractivity contribution < 1.29 is 19.5 Å². The number of rotatable bonds is 6. The van der Waals surface area contributed by atoms with Crippen LogP contribution in [-0.2, 0) is 4.84 Å². The zero-order valence-corrected chi connectivity index (χ0v) is 13.4. The lowest BCUT2D eigenvalue weighted by Crippen LogP contribution is -2.26. The Kier molecular flexibility index (Phi) is 5.61. The topological polar surface area (TPSA) is 76.8 Å². The Balaban J connectivity index is 1.97. The molecule has 0 radical (unpaired) electrons. The minimum Gasteiger partial charge on any atom is -0.472 e. The molecular formula is C15H16ClN3O4. The average molecular weight is 338 g/mol. The van der Waals surface area contributed by atoms with Gasteiger partial charge >= 0.3 is 6.09 Å². The van der Waals surface area contributed by atoms with Crippen LogP contribution >= 0.6 is 11.6 Å². The van der Waals surface area contributed by atoms with Gasteiger partial charge < -0.3 is 9.84 Å². The van der Waals surface area contributed by atoms with Crippen molar-refractivity contribution in [2.75, 3.05) is 13.7 Å². The molecule has 2 rings (SSSR count). The van der Waals surface area contributed by atoms with E-state index in [1.54, 1.807) is 42.1 Å². The second kappa shape index (κ2) is 7.66. The van der Waals surface area contributed by atoms with Crippen molar-refractivity contribution in [2.24, 2.45) is 0 Å². The monoisotopic (exact) mass is 337 g/mol. The summed E-state index contributed by atoms with van der Waals surface area (Å²) in [5.74, 6) is 0.420. The Hall–Kier alpha value is -2.51. The smallest absolute Gasteiger partial charge is 0.436 e. The SMILES string of the molecule is CON(C(=O)O)/C(C)=C\COc1ccn(-c2ccc(Cl)cc2)n1. The highest BCUT2D eigenvalue weighted by molar-refractivity contribution is 6.30. The summed E-state index contributed by atoms with van der Waals surface area (Å²) in [6.07, 6.45) is 2.14. The highest BCUT2D eigenvalue weighted by Crippen LogP contribution is 2.15. The zero-order valence-electron chi connectivity index (χ0n) is 12.6. The highest BCUT2D eigenvalue weighted by Gasteiger charge is 2.12. The van der Waals surface area contributed by atoms with E-state index in [1.165, 1.54) is 7.11 Å². The first kappa shape index (κ1) is 16.9. The van der Waals surface area contributed by atoms with Crippen LogP contribution in [-0.4, -0.2) is 39.8 Å². The van der Waals surface area contributed by atoms with Crippen LogP contribution in [0, 0.1) is 0 Å². The van der Waals surface area contributed by atoms with E-state index in [9.17, 15) is 4.79 Å². The van der Waals surface area contributed by atoms with Crippen LogP contribution in [0.4, 0.5) is 4.79 Å². The van der Waals surface area contributed by atoms with E-state index in [0.717, 1.165) is 10.8 Å². The van der Waals surface area contributed by atoms with Gasteiger partial charge in [0.05, 0.1) is 12.8 Å². The molecule has 122 valence electrons. The predicted octanol–water partition coefficient (Wildman–Crippen LogP) is 3.35. The van der Waals surface area contributed by atoms with Crippen molar-refractivity contribution in [1.82, 2.24) is 14.8 Å². The van der Waals surface area contributed by atoms with Gasteiger partial charge in [-0.1, -0.05) is 11.6 Å². The van der Waals surface area contributed by atoms with Gasteiger partial charge in [-0.25, -0.2) is 9.48 Å². The molecule has 0 fully saturated rings. The molecule has 0 aliphatic rings. The van der Waals surface area contributed by atoms with Gasteiger partial charge in [0.1, 0.15) is 6.61 Å². The Morgan fingerprint density at radius 3 is 2.70 bits per heavy atom. The second-order valence-electron chi connectivity index (χ2n) is 4.49. The largest absolute Gasteiger partial charge is 0.472 e. The molecule has 0 spiro atoms. The molecule has 0 atom stereocenters. The summed E-state index contributed by atoms with van der Waals surface area (Å²) < 4.78 is 7.12. The van der Waals surface area contributed by atoms with Crippen molar-refractivity contribution in [3.05, 3.63) is 53.3 Å². The molecule has 1 amide bonds. The van der Waals surface area contributed by atoms with Crippen molar-refractivity contribution in [3.8, 4) is 11.6 Å². The second-order valence-corrected chi connectivity index (χ2v) is 4.93. The van der Waals surface area contributed by atoms with Crippen LogP contribution < -0.4 is 4.74 Å². The molecule has 0 saturated carbocycles. The molecule has 23 heavy (non-hydrogen) atoms. The summed E-state index contributed by atoms with van der Waals surface area (Å²) >= 11 is 5.85. The van der Waals surface area contributed by atoms with Gasteiger partial charge in [-0.05, 0) is 37.3 Å². The third-order valence-corrected chi connectivity index (χ3v) is 3.19. The van der Waals surface area contributed by atoms with E-state index in [4.69, 9.17) is 26.3 Å². The van der Waals surface area contributed by atoms with Crippen molar-refractivity contribution >= 4 is 17.7 Å². The molecule has 8 heteroatoms. The minimum atomic E-state index is -1.20. The van der Waals surface area contributed by atoms with Gasteiger partial charge in [0, 0.05) is 23.0 Å². The fourth-order valence-corrected chi connectivity index (χ4v) is 1.95. The minimum absolute atomic E-state index is 0.163. The number of aromatic nitrogens is 2. The number of ether oxygens (including phenoxy) is 1. The summed E-state index contributed by atoms with van der Waals surface area (Å²) in [6.45, 7) is 1.77. The van der Waals surface area contributed by atoms with Gasteiger partial charge in [0.25, 0.3) is 0 Å². The first-order valence-electron chi connectivity index (χ1n) is 6.69. The van der Waals surface area contributed by atoms with Crippen LogP contribution in [0.3, 0.4) is 0 Å². The number of carbonyl (C=O) groups is 1. The van der Waals surface area contributed by atoms with E-state index in [-0.39, 0.29) is 6.61 Å². The summed E-state index contributed by atoms with van der Waals surface area (Å²) in [7, 11) is 1.28. The Bertz CT molecular complexity index is 697. The molecular weight excluding hydrogens is 322 g/mol. The lowest BCUT2D eigenvalue weighted by Gasteiger charge is -2.15. The van der Waals surface area contributed by atoms with Crippen molar-refractivity contribution in [3.63, 3.8) is 0 Å². The summed E-state index contributed by atoms with van der Waals surface area (Å²) in [5, 5.41) is 14.6. The molecule has 1 heterocycles. The number of hydrogen-bond acceptors (Lipinski definition) is 4. The molecule has 1 aromatic carbocycles. The third kappa shape index (κ3) is 4.48. The number of allylic oxidation sites excluding steroid dienone is 1. The van der Waals surface area contributed by atoms with Gasteiger partial charge in [-0.3, -0.25) is 4.84 Å². The van der Waals surface area contributed by atoms with E-state index < -0.39 is 6.09 Å². The molecule has 0 unspecified atom stereocenters. The van der Waals surface area contributed by atoms with Crippen molar-refractivity contribution in [2.45, 2.75) is 6.92 Å². The summed E-state index contributed by atoms with van der Waals surface area (Å²) in [6, 6.07) is 8.94. The van der Waals surface area contributed by atoms with Gasteiger partial charge in [-0.2, -0.15) is 5.06 Å².